The summed E-state index contributed by atoms with van der Waals surface area (Å²) < 4.78 is 5.58. The smallest absolute Gasteiger partial charge is 0.223 e. The summed E-state index contributed by atoms with van der Waals surface area (Å²) in [7, 11) is 0. The quantitative estimate of drug-likeness (QED) is 0.821. The van der Waals surface area contributed by atoms with Crippen molar-refractivity contribution >= 4 is 18.3 Å². The van der Waals surface area contributed by atoms with E-state index in [0.717, 1.165) is 31.4 Å². The zero-order valence-electron chi connectivity index (χ0n) is 12.5. The van der Waals surface area contributed by atoms with Crippen molar-refractivity contribution in [2.24, 2.45) is 11.7 Å². The molecule has 0 aromatic heterocycles. The summed E-state index contributed by atoms with van der Waals surface area (Å²) in [5, 5.41) is 2.94. The number of aryl methyl sites for hydroxylation is 1. The third-order valence-corrected chi connectivity index (χ3v) is 3.78. The van der Waals surface area contributed by atoms with Gasteiger partial charge in [0.25, 0.3) is 0 Å². The van der Waals surface area contributed by atoms with E-state index in [2.05, 4.69) is 5.32 Å². The molecule has 0 aliphatic heterocycles. The highest BCUT2D eigenvalue weighted by atomic mass is 35.5. The van der Waals surface area contributed by atoms with Gasteiger partial charge in [-0.25, -0.2) is 0 Å². The SMILES string of the molecule is Cc1ccc(OCCNC(=O)C2CCCC(N)C2)cc1.Cl. The molecule has 5 heteroatoms. The summed E-state index contributed by atoms with van der Waals surface area (Å²) in [6.07, 6.45) is 3.86. The highest BCUT2D eigenvalue weighted by molar-refractivity contribution is 5.85. The van der Waals surface area contributed by atoms with Crippen LogP contribution in [0.15, 0.2) is 24.3 Å². The third-order valence-electron chi connectivity index (χ3n) is 3.78. The number of ether oxygens (including phenoxy) is 1. The summed E-state index contributed by atoms with van der Waals surface area (Å²) in [6, 6.07) is 8.09. The Kier molecular flexibility index (Phi) is 7.54. The lowest BCUT2D eigenvalue weighted by molar-refractivity contribution is -0.126. The van der Waals surface area contributed by atoms with Gasteiger partial charge in [-0.15, -0.1) is 12.4 Å². The van der Waals surface area contributed by atoms with Crippen molar-refractivity contribution in [1.82, 2.24) is 5.32 Å². The molecule has 1 aromatic carbocycles. The monoisotopic (exact) mass is 312 g/mol. The predicted molar refractivity (Wildman–Crippen MR) is 86.9 cm³/mol. The summed E-state index contributed by atoms with van der Waals surface area (Å²) in [6.45, 7) is 3.07. The number of nitrogens with two attached hydrogens (primary N) is 1. The van der Waals surface area contributed by atoms with E-state index in [0.29, 0.717) is 13.2 Å². The molecule has 21 heavy (non-hydrogen) atoms. The molecule has 1 aliphatic carbocycles. The highest BCUT2D eigenvalue weighted by Gasteiger charge is 2.24. The van der Waals surface area contributed by atoms with Gasteiger partial charge >= 0.3 is 0 Å². The van der Waals surface area contributed by atoms with Gasteiger partial charge in [-0.1, -0.05) is 24.1 Å². The van der Waals surface area contributed by atoms with E-state index < -0.39 is 0 Å². The van der Waals surface area contributed by atoms with Crippen LogP contribution in [-0.2, 0) is 4.79 Å². The number of benzene rings is 1. The number of carbonyl (C=O) groups excluding carboxylic acids is 1. The molecule has 1 saturated carbocycles. The first-order valence-corrected chi connectivity index (χ1v) is 7.38. The van der Waals surface area contributed by atoms with Crippen LogP contribution >= 0.6 is 12.4 Å². The number of nitrogens with one attached hydrogen (secondary N) is 1. The first kappa shape index (κ1) is 17.8. The zero-order valence-corrected chi connectivity index (χ0v) is 13.3. The summed E-state index contributed by atoms with van der Waals surface area (Å²) in [4.78, 5) is 12.0. The van der Waals surface area contributed by atoms with Gasteiger partial charge in [-0.3, -0.25) is 4.79 Å². The molecule has 1 aromatic rings. The average Bonchev–Trinajstić information content (AvgIpc) is 2.45. The number of hydrogen-bond donors (Lipinski definition) is 2. The maximum atomic E-state index is 12.0. The number of halogens is 1. The van der Waals surface area contributed by atoms with Gasteiger partial charge in [0.15, 0.2) is 0 Å². The minimum absolute atomic E-state index is 0. The molecule has 2 rings (SSSR count). The molecule has 0 bridgehead atoms. The van der Waals surface area contributed by atoms with Crippen molar-refractivity contribution in [2.75, 3.05) is 13.2 Å². The lowest BCUT2D eigenvalue weighted by atomic mass is 9.85. The molecule has 0 radical (unpaired) electrons. The van der Waals surface area contributed by atoms with Gasteiger partial charge < -0.3 is 15.8 Å². The Bertz CT molecular complexity index is 436. The zero-order chi connectivity index (χ0) is 14.4. The second-order valence-electron chi connectivity index (χ2n) is 5.58. The van der Waals surface area contributed by atoms with E-state index in [4.69, 9.17) is 10.5 Å². The Morgan fingerprint density at radius 1 is 1.33 bits per heavy atom. The molecule has 118 valence electrons. The van der Waals surface area contributed by atoms with E-state index in [-0.39, 0.29) is 30.3 Å². The molecule has 1 fully saturated rings. The van der Waals surface area contributed by atoms with E-state index in [1.54, 1.807) is 0 Å². The van der Waals surface area contributed by atoms with Crippen LogP contribution in [0.2, 0.25) is 0 Å². The molecule has 3 N–H and O–H groups in total. The van der Waals surface area contributed by atoms with Crippen molar-refractivity contribution in [1.29, 1.82) is 0 Å². The van der Waals surface area contributed by atoms with E-state index >= 15 is 0 Å². The maximum Gasteiger partial charge on any atom is 0.223 e. The molecule has 0 saturated heterocycles. The normalized spacial score (nSPS) is 21.2. The molecular weight excluding hydrogens is 288 g/mol. The molecule has 0 heterocycles. The van der Waals surface area contributed by atoms with Crippen molar-refractivity contribution in [3.63, 3.8) is 0 Å². The fourth-order valence-corrected chi connectivity index (χ4v) is 2.59. The Labute approximate surface area is 132 Å². The molecular formula is C16H25ClN2O2. The maximum absolute atomic E-state index is 12.0. The molecule has 2 unspecified atom stereocenters. The van der Waals surface area contributed by atoms with Crippen LogP contribution in [0, 0.1) is 12.8 Å². The minimum Gasteiger partial charge on any atom is -0.492 e. The topological polar surface area (TPSA) is 64.3 Å². The molecule has 4 nitrogen and oxygen atoms in total. The van der Waals surface area contributed by atoms with Crippen LogP contribution in [0.5, 0.6) is 5.75 Å². The van der Waals surface area contributed by atoms with Gasteiger partial charge in [0, 0.05) is 12.0 Å². The van der Waals surface area contributed by atoms with Crippen LogP contribution in [0.25, 0.3) is 0 Å². The highest BCUT2D eigenvalue weighted by Crippen LogP contribution is 2.22. The fraction of sp³-hybridized carbons (Fsp3) is 0.562. The van der Waals surface area contributed by atoms with E-state index in [1.165, 1.54) is 5.56 Å². The van der Waals surface area contributed by atoms with Gasteiger partial charge in [0.2, 0.25) is 5.91 Å². The lowest BCUT2D eigenvalue weighted by Crippen LogP contribution is -2.39. The predicted octanol–water partition coefficient (Wildman–Crippen LogP) is 2.43. The Balaban J connectivity index is 0.00000220. The largest absolute Gasteiger partial charge is 0.492 e. The van der Waals surface area contributed by atoms with Gasteiger partial charge in [0.1, 0.15) is 12.4 Å². The Morgan fingerprint density at radius 3 is 2.71 bits per heavy atom. The third kappa shape index (κ3) is 5.94. The fourth-order valence-electron chi connectivity index (χ4n) is 2.59. The van der Waals surface area contributed by atoms with Crippen LogP contribution in [0.4, 0.5) is 0 Å². The summed E-state index contributed by atoms with van der Waals surface area (Å²) in [5.74, 6) is 1.04. The minimum atomic E-state index is 0. The first-order valence-electron chi connectivity index (χ1n) is 7.38. The summed E-state index contributed by atoms with van der Waals surface area (Å²) >= 11 is 0. The van der Waals surface area contributed by atoms with Crippen LogP contribution in [0.1, 0.15) is 31.2 Å². The second-order valence-corrected chi connectivity index (χ2v) is 5.58. The second kappa shape index (κ2) is 8.90. The van der Waals surface area contributed by atoms with Crippen molar-refractivity contribution < 1.29 is 9.53 Å². The van der Waals surface area contributed by atoms with Gasteiger partial charge in [-0.2, -0.15) is 0 Å². The summed E-state index contributed by atoms with van der Waals surface area (Å²) in [5.41, 5.74) is 7.11. The number of carbonyl (C=O) groups is 1. The molecule has 2 atom stereocenters. The van der Waals surface area contributed by atoms with Gasteiger partial charge in [-0.05, 0) is 38.3 Å². The van der Waals surface area contributed by atoms with Crippen LogP contribution < -0.4 is 15.8 Å². The van der Waals surface area contributed by atoms with Crippen molar-refractivity contribution in [2.45, 2.75) is 38.6 Å². The van der Waals surface area contributed by atoms with Crippen molar-refractivity contribution in [3.05, 3.63) is 29.8 Å². The molecule has 1 amide bonds. The molecule has 0 spiro atoms. The number of rotatable bonds is 5. The standard InChI is InChI=1S/C16H24N2O2.ClH/c1-12-5-7-15(8-6-12)20-10-9-18-16(19)13-3-2-4-14(17)11-13;/h5-8,13-14H,2-4,9-11,17H2,1H3,(H,18,19);1H. The first-order chi connectivity index (χ1) is 9.65. The van der Waals surface area contributed by atoms with Crippen LogP contribution in [-0.4, -0.2) is 25.1 Å². The Morgan fingerprint density at radius 2 is 2.05 bits per heavy atom. The van der Waals surface area contributed by atoms with E-state index in [9.17, 15) is 4.79 Å². The number of hydrogen-bond acceptors (Lipinski definition) is 3. The number of amides is 1. The van der Waals surface area contributed by atoms with Crippen molar-refractivity contribution in [3.8, 4) is 5.75 Å². The Hall–Kier alpha value is -1.26. The van der Waals surface area contributed by atoms with Crippen LogP contribution in [0.3, 0.4) is 0 Å². The lowest BCUT2D eigenvalue weighted by Gasteiger charge is -2.25. The van der Waals surface area contributed by atoms with Gasteiger partial charge in [0.05, 0.1) is 6.54 Å². The van der Waals surface area contributed by atoms with E-state index in [1.807, 2.05) is 31.2 Å². The molecule has 1 aliphatic rings. The average molecular weight is 313 g/mol.